The van der Waals surface area contributed by atoms with Crippen LogP contribution < -0.4 is 0 Å². The Morgan fingerprint density at radius 2 is 1.94 bits per heavy atom. The molecule has 0 spiro atoms. The van der Waals surface area contributed by atoms with E-state index in [1.807, 2.05) is 0 Å². The molecule has 3 rings (SSSR count). The maximum atomic E-state index is 12.3. The molecule has 5 unspecified atom stereocenters. The summed E-state index contributed by atoms with van der Waals surface area (Å²) in [4.78, 5) is 12.3. The van der Waals surface area contributed by atoms with Gasteiger partial charge in [-0.25, -0.2) is 0 Å². The van der Waals surface area contributed by atoms with Crippen molar-refractivity contribution in [3.8, 4) is 0 Å². The normalized spacial score (nSPS) is 55.4. The van der Waals surface area contributed by atoms with Crippen LogP contribution in [-0.4, -0.2) is 28.7 Å². The maximum absolute atomic E-state index is 12.3. The van der Waals surface area contributed by atoms with Crippen LogP contribution in [0.25, 0.3) is 0 Å². The van der Waals surface area contributed by atoms with Crippen LogP contribution >= 0.6 is 0 Å². The minimum Gasteiger partial charge on any atom is -0.396 e. The molecule has 3 nitrogen and oxygen atoms in total. The largest absolute Gasteiger partial charge is 0.396 e. The van der Waals surface area contributed by atoms with Crippen LogP contribution in [-0.2, 0) is 4.79 Å². The number of carbonyl (C=O) groups is 1. The Labute approximate surface area is 102 Å². The van der Waals surface area contributed by atoms with E-state index in [1.54, 1.807) is 0 Å². The van der Waals surface area contributed by atoms with E-state index in [2.05, 4.69) is 20.8 Å². The first-order valence-corrected chi connectivity index (χ1v) is 6.60. The van der Waals surface area contributed by atoms with Gasteiger partial charge >= 0.3 is 0 Å². The highest BCUT2D eigenvalue weighted by Crippen LogP contribution is 2.76. The molecule has 0 radical (unpaired) electrons. The van der Waals surface area contributed by atoms with Gasteiger partial charge in [-0.3, -0.25) is 4.79 Å². The molecule has 0 aromatic rings. The first-order valence-electron chi connectivity index (χ1n) is 6.60. The van der Waals surface area contributed by atoms with Gasteiger partial charge in [0.05, 0.1) is 6.61 Å². The molecule has 3 heteroatoms. The fourth-order valence-electron chi connectivity index (χ4n) is 4.85. The summed E-state index contributed by atoms with van der Waals surface area (Å²) >= 11 is 0. The van der Waals surface area contributed by atoms with Gasteiger partial charge in [0.2, 0.25) is 0 Å². The molecule has 3 aliphatic carbocycles. The third-order valence-electron chi connectivity index (χ3n) is 5.98. The Balaban J connectivity index is 2.01. The molecule has 17 heavy (non-hydrogen) atoms. The van der Waals surface area contributed by atoms with Gasteiger partial charge in [-0.05, 0) is 36.0 Å². The first-order chi connectivity index (χ1) is 7.77. The van der Waals surface area contributed by atoms with E-state index in [0.717, 1.165) is 19.3 Å². The number of carbonyl (C=O) groups excluding carboxylic acids is 1. The zero-order chi connectivity index (χ0) is 12.6. The average molecular weight is 238 g/mol. The summed E-state index contributed by atoms with van der Waals surface area (Å²) in [6.07, 6.45) is 1.81. The Kier molecular flexibility index (Phi) is 2.02. The first kappa shape index (κ1) is 11.7. The Hall–Kier alpha value is -0.410. The van der Waals surface area contributed by atoms with Gasteiger partial charge in [0.15, 0.2) is 5.78 Å². The summed E-state index contributed by atoms with van der Waals surface area (Å²) in [7, 11) is 0. The van der Waals surface area contributed by atoms with E-state index < -0.39 is 11.5 Å². The third kappa shape index (κ3) is 1.17. The zero-order valence-corrected chi connectivity index (χ0v) is 10.9. The minimum absolute atomic E-state index is 0.00963. The second kappa shape index (κ2) is 2.94. The van der Waals surface area contributed by atoms with Crippen molar-refractivity contribution in [3.05, 3.63) is 0 Å². The molecule has 3 aliphatic rings. The SMILES string of the molecule is CC1(C)CC2C(=O)C(O)C3(CO)CC3(C)C2C1. The molecule has 0 saturated heterocycles. The van der Waals surface area contributed by atoms with E-state index in [4.69, 9.17) is 0 Å². The van der Waals surface area contributed by atoms with Crippen LogP contribution in [0.5, 0.6) is 0 Å². The van der Waals surface area contributed by atoms with Gasteiger partial charge in [-0.1, -0.05) is 20.8 Å². The number of ketones is 1. The van der Waals surface area contributed by atoms with E-state index in [9.17, 15) is 15.0 Å². The highest BCUT2D eigenvalue weighted by atomic mass is 16.3. The fourth-order valence-corrected chi connectivity index (χ4v) is 4.85. The molecule has 2 N–H and O–H groups in total. The van der Waals surface area contributed by atoms with Crippen molar-refractivity contribution in [1.82, 2.24) is 0 Å². The lowest BCUT2D eigenvalue weighted by Crippen LogP contribution is -2.48. The molecule has 5 atom stereocenters. The van der Waals surface area contributed by atoms with Gasteiger partial charge in [-0.2, -0.15) is 0 Å². The van der Waals surface area contributed by atoms with Crippen molar-refractivity contribution < 1.29 is 15.0 Å². The molecule has 0 bridgehead atoms. The maximum Gasteiger partial charge on any atom is 0.165 e. The van der Waals surface area contributed by atoms with Gasteiger partial charge in [0, 0.05) is 11.3 Å². The fraction of sp³-hybridized carbons (Fsp3) is 0.929. The second-order valence-electron chi connectivity index (χ2n) is 7.50. The summed E-state index contributed by atoms with van der Waals surface area (Å²) in [5, 5.41) is 19.8. The highest BCUT2D eigenvalue weighted by molar-refractivity contribution is 5.89. The molecule has 3 fully saturated rings. The van der Waals surface area contributed by atoms with Crippen LogP contribution in [0.3, 0.4) is 0 Å². The summed E-state index contributed by atoms with van der Waals surface area (Å²) < 4.78 is 0. The predicted octanol–water partition coefficient (Wildman–Crippen LogP) is 1.37. The number of hydrogen-bond acceptors (Lipinski definition) is 3. The molecule has 3 saturated carbocycles. The van der Waals surface area contributed by atoms with Crippen molar-refractivity contribution in [3.63, 3.8) is 0 Å². The monoisotopic (exact) mass is 238 g/mol. The van der Waals surface area contributed by atoms with Gasteiger partial charge < -0.3 is 10.2 Å². The lowest BCUT2D eigenvalue weighted by atomic mass is 9.67. The average Bonchev–Trinajstić information content (AvgIpc) is 2.75. The zero-order valence-electron chi connectivity index (χ0n) is 10.9. The van der Waals surface area contributed by atoms with E-state index >= 15 is 0 Å². The molecule has 0 aliphatic heterocycles. The standard InChI is InChI=1S/C14H22O3/c1-12(2)4-8-9(5-12)13(3)6-14(13,7-15)11(17)10(8)16/h8-9,11,15,17H,4-7H2,1-3H3. The Morgan fingerprint density at radius 1 is 1.29 bits per heavy atom. The highest BCUT2D eigenvalue weighted by Gasteiger charge is 2.77. The summed E-state index contributed by atoms with van der Waals surface area (Å²) in [6, 6.07) is 0. The van der Waals surface area contributed by atoms with Crippen LogP contribution in [0.15, 0.2) is 0 Å². The number of fused-ring (bicyclic) bond motifs is 3. The number of rotatable bonds is 1. The molecular weight excluding hydrogens is 216 g/mol. The molecule has 0 amide bonds. The predicted molar refractivity (Wildman–Crippen MR) is 63.3 cm³/mol. The van der Waals surface area contributed by atoms with Crippen LogP contribution in [0, 0.1) is 28.1 Å². The summed E-state index contributed by atoms with van der Waals surface area (Å²) in [6.45, 7) is 6.51. The van der Waals surface area contributed by atoms with E-state index in [0.29, 0.717) is 5.92 Å². The number of hydrogen-bond donors (Lipinski definition) is 2. The lowest BCUT2D eigenvalue weighted by molar-refractivity contribution is -0.146. The molecule has 0 heterocycles. The number of aliphatic hydroxyl groups is 2. The summed E-state index contributed by atoms with van der Waals surface area (Å²) in [5.74, 6) is 0.373. The number of aliphatic hydroxyl groups excluding tert-OH is 2. The van der Waals surface area contributed by atoms with Crippen molar-refractivity contribution >= 4 is 5.78 Å². The Bertz CT molecular complexity index is 389. The lowest BCUT2D eigenvalue weighted by Gasteiger charge is -2.38. The number of Topliss-reactive ketones (excluding diaryl/α,β-unsaturated/α-hetero) is 1. The Morgan fingerprint density at radius 3 is 2.53 bits per heavy atom. The van der Waals surface area contributed by atoms with Crippen molar-refractivity contribution in [1.29, 1.82) is 0 Å². The van der Waals surface area contributed by atoms with E-state index in [-0.39, 0.29) is 29.1 Å². The van der Waals surface area contributed by atoms with Crippen molar-refractivity contribution in [2.45, 2.75) is 46.1 Å². The molecular formula is C14H22O3. The van der Waals surface area contributed by atoms with Crippen molar-refractivity contribution in [2.75, 3.05) is 6.61 Å². The molecule has 96 valence electrons. The minimum atomic E-state index is -0.937. The van der Waals surface area contributed by atoms with Crippen LogP contribution in [0.4, 0.5) is 0 Å². The topological polar surface area (TPSA) is 57.5 Å². The molecule has 0 aromatic heterocycles. The molecule has 0 aromatic carbocycles. The van der Waals surface area contributed by atoms with Crippen molar-refractivity contribution in [2.24, 2.45) is 28.1 Å². The second-order valence-corrected chi connectivity index (χ2v) is 7.50. The third-order valence-corrected chi connectivity index (χ3v) is 5.98. The van der Waals surface area contributed by atoms with Crippen LogP contribution in [0.1, 0.15) is 40.0 Å². The smallest absolute Gasteiger partial charge is 0.165 e. The van der Waals surface area contributed by atoms with Gasteiger partial charge in [-0.15, -0.1) is 0 Å². The van der Waals surface area contributed by atoms with Gasteiger partial charge in [0.25, 0.3) is 0 Å². The van der Waals surface area contributed by atoms with Gasteiger partial charge in [0.1, 0.15) is 6.10 Å². The van der Waals surface area contributed by atoms with E-state index in [1.165, 1.54) is 0 Å². The quantitative estimate of drug-likeness (QED) is 0.725. The van der Waals surface area contributed by atoms with Crippen LogP contribution in [0.2, 0.25) is 0 Å². The summed E-state index contributed by atoms with van der Waals surface area (Å²) in [5.41, 5.74) is -0.346.